The summed E-state index contributed by atoms with van der Waals surface area (Å²) in [5, 5.41) is 5.21. The first-order chi connectivity index (χ1) is 19.9. The highest BCUT2D eigenvalue weighted by molar-refractivity contribution is 6.83. The van der Waals surface area contributed by atoms with Gasteiger partial charge >= 0.3 is 6.98 Å². The smallest absolute Gasteiger partial charge is 0.359 e. The molecule has 2 aliphatic heterocycles. The predicted molar refractivity (Wildman–Crippen MR) is 169 cm³/mol. The van der Waals surface area contributed by atoms with Gasteiger partial charge in [-0.25, -0.2) is 0 Å². The Morgan fingerprint density at radius 2 is 1.10 bits per heavy atom. The Hall–Kier alpha value is -5.22. The molecule has 0 N–H and O–H groups in total. The van der Waals surface area contributed by atoms with Gasteiger partial charge in [-0.1, -0.05) is 97.1 Å². The molecule has 0 aliphatic carbocycles. The zero-order chi connectivity index (χ0) is 25.9. The topological polar surface area (TPSA) is 13.1 Å². The van der Waals surface area contributed by atoms with Gasteiger partial charge in [-0.3, -0.25) is 0 Å². The van der Waals surface area contributed by atoms with E-state index in [0.29, 0.717) is 0 Å². The normalized spacial score (nSPS) is 13.4. The Morgan fingerprint density at radius 1 is 0.475 bits per heavy atom. The minimum atomic E-state index is 0.0383. The van der Waals surface area contributed by atoms with Gasteiger partial charge in [0.15, 0.2) is 0 Å². The highest BCUT2D eigenvalue weighted by Crippen LogP contribution is 2.53. The van der Waals surface area contributed by atoms with E-state index in [-0.39, 0.29) is 6.98 Å². The quantitative estimate of drug-likeness (QED) is 0.204. The maximum absolute atomic E-state index is 2.62. The van der Waals surface area contributed by atoms with Crippen LogP contribution in [-0.4, -0.2) is 16.0 Å². The van der Waals surface area contributed by atoms with Gasteiger partial charge in [0, 0.05) is 44.0 Å². The van der Waals surface area contributed by atoms with E-state index >= 15 is 0 Å². The lowest BCUT2D eigenvalue weighted by atomic mass is 9.60. The summed E-state index contributed by atoms with van der Waals surface area (Å²) in [6, 6.07) is 49.0. The Kier molecular flexibility index (Phi) is 3.75. The molecule has 6 aromatic carbocycles. The largest absolute Gasteiger partial charge is 0.421 e. The van der Waals surface area contributed by atoms with Crippen LogP contribution in [0, 0.1) is 0 Å². The van der Waals surface area contributed by atoms with Crippen LogP contribution in [0.1, 0.15) is 0 Å². The van der Waals surface area contributed by atoms with Gasteiger partial charge in [0.05, 0.1) is 22.2 Å². The summed E-state index contributed by atoms with van der Waals surface area (Å²) >= 11 is 0. The first kappa shape index (κ1) is 20.7. The number of anilines is 2. The molecule has 8 aromatic rings. The van der Waals surface area contributed by atoms with Crippen molar-refractivity contribution in [2.75, 3.05) is 4.81 Å². The first-order valence-electron chi connectivity index (χ1n) is 13.9. The van der Waals surface area contributed by atoms with Crippen LogP contribution >= 0.6 is 0 Å². The van der Waals surface area contributed by atoms with Crippen molar-refractivity contribution in [1.29, 1.82) is 0 Å². The molecule has 2 aliphatic rings. The number of nitrogens with zero attached hydrogens (tertiary/aromatic N) is 3. The van der Waals surface area contributed by atoms with Crippen LogP contribution < -0.4 is 10.3 Å². The molecule has 0 unspecified atom stereocenters. The fourth-order valence-corrected chi connectivity index (χ4v) is 7.55. The van der Waals surface area contributed by atoms with E-state index in [1.165, 1.54) is 77.3 Å². The Bertz CT molecular complexity index is 2340. The van der Waals surface area contributed by atoms with Crippen LogP contribution in [0.5, 0.6) is 0 Å². The minimum absolute atomic E-state index is 0.0383. The van der Waals surface area contributed by atoms with Crippen LogP contribution in [-0.2, 0) is 0 Å². The third-order valence-corrected chi connectivity index (χ3v) is 9.04. The van der Waals surface area contributed by atoms with E-state index in [2.05, 4.69) is 147 Å². The molecule has 0 saturated carbocycles. The predicted octanol–water partition coefficient (Wildman–Crippen LogP) is 8.27. The molecule has 10 rings (SSSR count). The molecule has 0 bridgehead atoms. The molecule has 40 heavy (non-hydrogen) atoms. The Morgan fingerprint density at radius 3 is 1.95 bits per heavy atom. The van der Waals surface area contributed by atoms with Crippen LogP contribution in [0.2, 0.25) is 0 Å². The van der Waals surface area contributed by atoms with Crippen LogP contribution in [0.15, 0.2) is 133 Å². The first-order valence-corrected chi connectivity index (χ1v) is 13.9. The van der Waals surface area contributed by atoms with E-state index < -0.39 is 0 Å². The average Bonchev–Trinajstić information content (AvgIpc) is 3.66. The number of hydrogen-bond donors (Lipinski definition) is 0. The van der Waals surface area contributed by atoms with E-state index in [9.17, 15) is 0 Å². The molecule has 0 amide bonds. The van der Waals surface area contributed by atoms with Gasteiger partial charge in [0.2, 0.25) is 0 Å². The zero-order valence-corrected chi connectivity index (χ0v) is 21.6. The van der Waals surface area contributed by atoms with Crippen molar-refractivity contribution in [3.05, 3.63) is 133 Å². The van der Waals surface area contributed by atoms with E-state index in [1.807, 2.05) is 0 Å². The maximum Gasteiger partial charge on any atom is 0.421 e. The summed E-state index contributed by atoms with van der Waals surface area (Å²) in [6.45, 7) is 0.0383. The van der Waals surface area contributed by atoms with E-state index in [0.717, 1.165) is 0 Å². The number of fused-ring (bicyclic) bond motifs is 15. The molecule has 2 aromatic heterocycles. The number of aromatic nitrogens is 2. The van der Waals surface area contributed by atoms with Gasteiger partial charge in [-0.05, 0) is 47.4 Å². The lowest BCUT2D eigenvalue weighted by Crippen LogP contribution is -2.51. The molecule has 3 nitrogen and oxygen atoms in total. The second-order valence-electron chi connectivity index (χ2n) is 10.9. The van der Waals surface area contributed by atoms with Gasteiger partial charge in [-0.2, -0.15) is 0 Å². The maximum atomic E-state index is 2.62. The molecular weight excluding hydrogens is 485 g/mol. The molecule has 0 atom stereocenters. The van der Waals surface area contributed by atoms with Crippen molar-refractivity contribution in [3.63, 3.8) is 0 Å². The fourth-order valence-electron chi connectivity index (χ4n) is 7.55. The number of rotatable bonds is 1. The third kappa shape index (κ3) is 2.35. The highest BCUT2D eigenvalue weighted by Gasteiger charge is 2.46. The van der Waals surface area contributed by atoms with Crippen LogP contribution in [0.3, 0.4) is 0 Å². The monoisotopic (exact) mass is 507 g/mol. The SMILES string of the molecule is c1ccc(-n2c3ccccc3c3cc4c5ccccc5n5c4c(c32)N2B5c3ccccc3-c3ccccc32)cc1. The zero-order valence-electron chi connectivity index (χ0n) is 21.6. The lowest BCUT2D eigenvalue weighted by Gasteiger charge is -2.35. The summed E-state index contributed by atoms with van der Waals surface area (Å²) in [6.07, 6.45) is 0. The lowest BCUT2D eigenvalue weighted by molar-refractivity contribution is 1.18. The second-order valence-corrected chi connectivity index (χ2v) is 10.9. The minimum Gasteiger partial charge on any atom is -0.359 e. The molecule has 0 radical (unpaired) electrons. The summed E-state index contributed by atoms with van der Waals surface area (Å²) in [7, 11) is 0. The molecule has 4 heterocycles. The molecule has 0 spiro atoms. The number of benzene rings is 6. The Labute approximate surface area is 231 Å². The number of hydrogen-bond acceptors (Lipinski definition) is 1. The average molecular weight is 507 g/mol. The van der Waals surface area contributed by atoms with Crippen molar-refractivity contribution >= 4 is 67.4 Å². The van der Waals surface area contributed by atoms with Crippen molar-refractivity contribution in [2.45, 2.75) is 0 Å². The van der Waals surface area contributed by atoms with Crippen molar-refractivity contribution in [3.8, 4) is 16.8 Å². The summed E-state index contributed by atoms with van der Waals surface area (Å²) < 4.78 is 5.08. The van der Waals surface area contributed by atoms with Crippen molar-refractivity contribution in [2.24, 2.45) is 0 Å². The van der Waals surface area contributed by atoms with Crippen molar-refractivity contribution in [1.82, 2.24) is 9.05 Å². The standard InChI is InChI=1S/C36H22BN3/c1-2-12-23(13-3-1)38-31-19-9-5-16-26(31)28-22-29-27-17-7-11-21-33(27)39-35(29)36(34(28)38)40-32-20-10-6-15-25(32)24-14-4-8-18-30(24)37(39)40/h1-22H. The number of para-hydroxylation sites is 4. The van der Waals surface area contributed by atoms with E-state index in [4.69, 9.17) is 0 Å². The van der Waals surface area contributed by atoms with Gasteiger partial charge in [0.1, 0.15) is 0 Å². The molecule has 0 saturated heterocycles. The molecular formula is C36H22BN3. The molecule has 184 valence electrons. The summed E-state index contributed by atoms with van der Waals surface area (Å²) in [5.41, 5.74) is 12.8. The van der Waals surface area contributed by atoms with E-state index in [1.54, 1.807) is 0 Å². The fraction of sp³-hybridized carbons (Fsp3) is 0. The van der Waals surface area contributed by atoms with Gasteiger partial charge < -0.3 is 13.9 Å². The highest BCUT2D eigenvalue weighted by atomic mass is 15.2. The summed E-state index contributed by atoms with van der Waals surface area (Å²) in [5.74, 6) is 0. The van der Waals surface area contributed by atoms with Crippen molar-refractivity contribution < 1.29 is 0 Å². The van der Waals surface area contributed by atoms with Crippen LogP contribution in [0.25, 0.3) is 60.4 Å². The molecule has 4 heteroatoms. The summed E-state index contributed by atoms with van der Waals surface area (Å²) in [4.78, 5) is 2.62. The Balaban J connectivity index is 1.49. The third-order valence-electron chi connectivity index (χ3n) is 9.04. The molecule has 0 fully saturated rings. The van der Waals surface area contributed by atoms with Crippen LogP contribution in [0.4, 0.5) is 11.4 Å². The second kappa shape index (κ2) is 7.25. The van der Waals surface area contributed by atoms with Gasteiger partial charge in [0.25, 0.3) is 0 Å². The van der Waals surface area contributed by atoms with Gasteiger partial charge in [-0.15, -0.1) is 0 Å².